The molecule has 1 atom stereocenters. The van der Waals surface area contributed by atoms with Crippen LogP contribution < -0.4 is 0 Å². The van der Waals surface area contributed by atoms with Crippen LogP contribution in [0.25, 0.3) is 5.69 Å². The second-order valence-corrected chi connectivity index (χ2v) is 7.21. The summed E-state index contributed by atoms with van der Waals surface area (Å²) < 4.78 is 1.79. The Morgan fingerprint density at radius 2 is 1.88 bits per heavy atom. The molecule has 24 heavy (non-hydrogen) atoms. The molecule has 6 heteroatoms. The van der Waals surface area contributed by atoms with Gasteiger partial charge in [-0.15, -0.1) is 0 Å². The number of nitrogens with zero attached hydrogens (tertiary/aromatic N) is 3. The fourth-order valence-electron chi connectivity index (χ4n) is 2.76. The molecule has 2 heterocycles. The van der Waals surface area contributed by atoms with Gasteiger partial charge in [0.15, 0.2) is 5.82 Å². The maximum absolute atomic E-state index is 9.52. The number of halogens is 1. The summed E-state index contributed by atoms with van der Waals surface area (Å²) in [6, 6.07) is 14.9. The number of hydrogen-bond donors (Lipinski definition) is 1. The van der Waals surface area contributed by atoms with E-state index in [1.165, 1.54) is 0 Å². The van der Waals surface area contributed by atoms with Gasteiger partial charge in [0, 0.05) is 5.56 Å². The standard InChI is InChI=1S/C18H14ClN3OS/c1-11-21-18-14(17(24-11)12-6-8-13(23)9-7-12)10-20-22(18)16-5-3-2-4-15(16)19/h2-10,17,23H,1H3. The molecule has 3 aromatic rings. The van der Waals surface area contributed by atoms with Crippen molar-refractivity contribution in [2.24, 2.45) is 4.99 Å². The van der Waals surface area contributed by atoms with E-state index >= 15 is 0 Å². The number of benzene rings is 2. The van der Waals surface area contributed by atoms with Crippen LogP contribution in [0.1, 0.15) is 23.3 Å². The summed E-state index contributed by atoms with van der Waals surface area (Å²) in [5, 5.41) is 15.7. The number of aromatic nitrogens is 2. The van der Waals surface area contributed by atoms with Gasteiger partial charge < -0.3 is 5.11 Å². The van der Waals surface area contributed by atoms with Crippen molar-refractivity contribution in [3.8, 4) is 11.4 Å². The number of para-hydroxylation sites is 1. The van der Waals surface area contributed by atoms with E-state index in [1.807, 2.05) is 49.5 Å². The van der Waals surface area contributed by atoms with Gasteiger partial charge in [0.1, 0.15) is 5.75 Å². The first kappa shape index (κ1) is 15.3. The van der Waals surface area contributed by atoms with Crippen molar-refractivity contribution in [3.05, 3.63) is 70.9 Å². The number of fused-ring (bicyclic) bond motifs is 1. The molecule has 4 rings (SSSR count). The summed E-state index contributed by atoms with van der Waals surface area (Å²) in [5.41, 5.74) is 2.96. The maximum atomic E-state index is 9.52. The van der Waals surface area contributed by atoms with Crippen LogP contribution in [0.4, 0.5) is 5.82 Å². The van der Waals surface area contributed by atoms with E-state index in [4.69, 9.17) is 11.6 Å². The van der Waals surface area contributed by atoms with E-state index < -0.39 is 0 Å². The number of rotatable bonds is 2. The zero-order valence-corrected chi connectivity index (χ0v) is 14.4. The molecule has 0 bridgehead atoms. The van der Waals surface area contributed by atoms with Crippen LogP contribution in [-0.4, -0.2) is 19.9 Å². The Labute approximate surface area is 148 Å². The van der Waals surface area contributed by atoms with Gasteiger partial charge in [0.2, 0.25) is 0 Å². The first-order valence-electron chi connectivity index (χ1n) is 7.47. The van der Waals surface area contributed by atoms with E-state index in [-0.39, 0.29) is 11.0 Å². The fourth-order valence-corrected chi connectivity index (χ4v) is 4.04. The highest BCUT2D eigenvalue weighted by molar-refractivity contribution is 8.14. The highest BCUT2D eigenvalue weighted by Gasteiger charge is 2.27. The Bertz CT molecular complexity index is 934. The largest absolute Gasteiger partial charge is 0.508 e. The maximum Gasteiger partial charge on any atom is 0.161 e. The van der Waals surface area contributed by atoms with Crippen molar-refractivity contribution in [2.45, 2.75) is 12.2 Å². The molecule has 2 aromatic carbocycles. The van der Waals surface area contributed by atoms with Crippen LogP contribution in [0.3, 0.4) is 0 Å². The number of thioether (sulfide) groups is 1. The summed E-state index contributed by atoms with van der Waals surface area (Å²) >= 11 is 8.01. The van der Waals surface area contributed by atoms with Gasteiger partial charge in [0.25, 0.3) is 0 Å². The Morgan fingerprint density at radius 3 is 2.62 bits per heavy atom. The fraction of sp³-hybridized carbons (Fsp3) is 0.111. The first-order valence-corrected chi connectivity index (χ1v) is 8.73. The smallest absolute Gasteiger partial charge is 0.161 e. The Balaban J connectivity index is 1.85. The van der Waals surface area contributed by atoms with Crippen LogP contribution in [0.15, 0.2) is 59.7 Å². The van der Waals surface area contributed by atoms with Gasteiger partial charge in [-0.3, -0.25) is 0 Å². The molecular formula is C18H14ClN3OS. The molecule has 0 spiro atoms. The van der Waals surface area contributed by atoms with E-state index in [2.05, 4.69) is 10.1 Å². The molecule has 1 aliphatic rings. The lowest BCUT2D eigenvalue weighted by molar-refractivity contribution is 0.475. The lowest BCUT2D eigenvalue weighted by atomic mass is 10.1. The molecule has 1 aromatic heterocycles. The number of phenolic OH excluding ortho intramolecular Hbond substituents is 1. The van der Waals surface area contributed by atoms with E-state index in [0.29, 0.717) is 5.02 Å². The minimum atomic E-state index is 0.0920. The molecule has 0 aliphatic carbocycles. The molecule has 1 N–H and O–H groups in total. The minimum Gasteiger partial charge on any atom is -0.508 e. The lowest BCUT2D eigenvalue weighted by Crippen LogP contribution is -2.06. The van der Waals surface area contributed by atoms with Gasteiger partial charge in [-0.25, -0.2) is 9.67 Å². The van der Waals surface area contributed by atoms with Crippen molar-refractivity contribution in [2.75, 3.05) is 0 Å². The monoisotopic (exact) mass is 355 g/mol. The van der Waals surface area contributed by atoms with Gasteiger partial charge in [-0.2, -0.15) is 5.10 Å². The molecule has 0 amide bonds. The molecular weight excluding hydrogens is 342 g/mol. The lowest BCUT2D eigenvalue weighted by Gasteiger charge is -2.21. The van der Waals surface area contributed by atoms with E-state index in [1.54, 1.807) is 28.6 Å². The summed E-state index contributed by atoms with van der Waals surface area (Å²) in [4.78, 5) is 4.69. The molecule has 1 aliphatic heterocycles. The van der Waals surface area contributed by atoms with Gasteiger partial charge in [-0.1, -0.05) is 47.6 Å². The summed E-state index contributed by atoms with van der Waals surface area (Å²) in [6.07, 6.45) is 1.85. The van der Waals surface area contributed by atoms with Gasteiger partial charge >= 0.3 is 0 Å². The summed E-state index contributed by atoms with van der Waals surface area (Å²) in [7, 11) is 0. The van der Waals surface area contributed by atoms with Crippen LogP contribution in [0.5, 0.6) is 5.75 Å². The van der Waals surface area contributed by atoms with Gasteiger partial charge in [-0.05, 0) is 36.8 Å². The Hall–Kier alpha value is -2.24. The molecule has 0 fully saturated rings. The van der Waals surface area contributed by atoms with Crippen LogP contribution in [-0.2, 0) is 0 Å². The predicted octanol–water partition coefficient (Wildman–Crippen LogP) is 5.12. The van der Waals surface area contributed by atoms with Crippen LogP contribution >= 0.6 is 23.4 Å². The SMILES string of the molecule is CC1=Nc2c(cnn2-c2ccccc2Cl)C(c2ccc(O)cc2)S1. The van der Waals surface area contributed by atoms with Crippen LogP contribution in [0.2, 0.25) is 5.02 Å². The quantitative estimate of drug-likeness (QED) is 0.694. The first-order chi connectivity index (χ1) is 11.6. The molecule has 1 unspecified atom stereocenters. The zero-order chi connectivity index (χ0) is 16.7. The topological polar surface area (TPSA) is 50.4 Å². The summed E-state index contributed by atoms with van der Waals surface area (Å²) in [6.45, 7) is 1.99. The van der Waals surface area contributed by atoms with Crippen molar-refractivity contribution in [1.29, 1.82) is 0 Å². The predicted molar refractivity (Wildman–Crippen MR) is 98.9 cm³/mol. The summed E-state index contributed by atoms with van der Waals surface area (Å²) in [5.74, 6) is 1.06. The number of aliphatic imine (C=N–C) groups is 1. The molecule has 4 nitrogen and oxygen atoms in total. The van der Waals surface area contributed by atoms with E-state index in [0.717, 1.165) is 27.7 Å². The average molecular weight is 356 g/mol. The Kier molecular flexibility index (Phi) is 3.82. The van der Waals surface area contributed by atoms with Crippen molar-refractivity contribution < 1.29 is 5.11 Å². The molecule has 120 valence electrons. The average Bonchev–Trinajstić information content (AvgIpc) is 2.99. The third-order valence-corrected chi connectivity index (χ3v) is 5.40. The van der Waals surface area contributed by atoms with Crippen molar-refractivity contribution in [1.82, 2.24) is 9.78 Å². The zero-order valence-electron chi connectivity index (χ0n) is 12.8. The Morgan fingerprint density at radius 1 is 1.12 bits per heavy atom. The van der Waals surface area contributed by atoms with Crippen molar-refractivity contribution in [3.63, 3.8) is 0 Å². The second kappa shape index (κ2) is 6.00. The van der Waals surface area contributed by atoms with Crippen LogP contribution in [0, 0.1) is 0 Å². The highest BCUT2D eigenvalue weighted by Crippen LogP contribution is 2.46. The molecule has 0 saturated carbocycles. The highest BCUT2D eigenvalue weighted by atomic mass is 35.5. The van der Waals surface area contributed by atoms with E-state index in [9.17, 15) is 5.11 Å². The third kappa shape index (κ3) is 2.60. The second-order valence-electron chi connectivity index (χ2n) is 5.51. The number of phenols is 1. The third-order valence-electron chi connectivity index (χ3n) is 3.88. The number of hydrogen-bond acceptors (Lipinski definition) is 4. The van der Waals surface area contributed by atoms with Gasteiger partial charge in [0.05, 0.1) is 27.2 Å². The molecule has 0 saturated heterocycles. The minimum absolute atomic E-state index is 0.0920. The molecule has 0 radical (unpaired) electrons. The van der Waals surface area contributed by atoms with Crippen molar-refractivity contribution >= 4 is 34.2 Å². The number of aromatic hydroxyl groups is 1. The normalized spacial score (nSPS) is 16.6.